The van der Waals surface area contributed by atoms with Crippen molar-refractivity contribution in [3.63, 3.8) is 0 Å². The zero-order chi connectivity index (χ0) is 19.2. The van der Waals surface area contributed by atoms with E-state index < -0.39 is 36.8 Å². The molecule has 0 atom stereocenters. The third kappa shape index (κ3) is 5.41. The van der Waals surface area contributed by atoms with Crippen LogP contribution in [-0.4, -0.2) is 36.8 Å². The van der Waals surface area contributed by atoms with Gasteiger partial charge in [0.25, 0.3) is 0 Å². The molecule has 3 aromatic rings. The molecule has 0 aliphatic rings. The number of hydrogen-bond donors (Lipinski definition) is 0. The molecule has 0 radical (unpaired) electrons. The summed E-state index contributed by atoms with van der Waals surface area (Å²) in [6.07, 6.45) is 2.77. The Morgan fingerprint density at radius 2 is 0.815 bits per heavy atom. The van der Waals surface area contributed by atoms with Crippen molar-refractivity contribution >= 4 is 47.5 Å². The van der Waals surface area contributed by atoms with Crippen molar-refractivity contribution in [2.24, 2.45) is 0 Å². The van der Waals surface area contributed by atoms with E-state index in [2.05, 4.69) is 106 Å². The average molecular weight is 570 g/mol. The van der Waals surface area contributed by atoms with Gasteiger partial charge in [0.2, 0.25) is 0 Å². The summed E-state index contributed by atoms with van der Waals surface area (Å²) < 4.78 is 7.72. The fourth-order valence-corrected chi connectivity index (χ4v) is 22.0. The van der Waals surface area contributed by atoms with Crippen LogP contribution in [0.5, 0.6) is 0 Å². The molecule has 0 aliphatic carbocycles. The van der Waals surface area contributed by atoms with E-state index in [1.807, 2.05) is 0 Å². The van der Waals surface area contributed by atoms with Gasteiger partial charge >= 0.3 is 175 Å². The van der Waals surface area contributed by atoms with Gasteiger partial charge in [-0.1, -0.05) is 0 Å². The molecule has 140 valence electrons. The molecule has 0 aromatic heterocycles. The molecule has 0 saturated heterocycles. The van der Waals surface area contributed by atoms with Gasteiger partial charge in [-0.2, -0.15) is 0 Å². The first kappa shape index (κ1) is 21.0. The van der Waals surface area contributed by atoms with Gasteiger partial charge in [0.1, 0.15) is 0 Å². The second kappa shape index (κ2) is 9.64. The summed E-state index contributed by atoms with van der Waals surface area (Å²) >= 11 is -4.66. The SMILES string of the molecule is [CH3][Sn]([CH3])([CH3])[CH2]CC[CH2][Sn]([c]1ccccc1)([c]1ccccc1)[c]1ccccc1. The van der Waals surface area contributed by atoms with E-state index in [0.717, 1.165) is 0 Å². The average Bonchev–Trinajstić information content (AvgIpc) is 2.70. The van der Waals surface area contributed by atoms with E-state index in [1.165, 1.54) is 21.7 Å². The van der Waals surface area contributed by atoms with Gasteiger partial charge in [-0.25, -0.2) is 0 Å². The molecule has 27 heavy (non-hydrogen) atoms. The molecule has 0 aliphatic heterocycles. The van der Waals surface area contributed by atoms with E-state index in [4.69, 9.17) is 0 Å². The number of hydrogen-bond acceptors (Lipinski definition) is 0. The molecule has 0 amide bonds. The summed E-state index contributed by atoms with van der Waals surface area (Å²) in [6.45, 7) is 0. The van der Waals surface area contributed by atoms with Crippen molar-refractivity contribution in [3.8, 4) is 0 Å². The molecule has 0 heterocycles. The summed E-state index contributed by atoms with van der Waals surface area (Å²) in [6, 6.07) is 34.3. The maximum absolute atomic E-state index is 2.98. The zero-order valence-electron chi connectivity index (χ0n) is 17.0. The minimum absolute atomic E-state index is 1.36. The van der Waals surface area contributed by atoms with Crippen LogP contribution in [0.2, 0.25) is 23.7 Å². The van der Waals surface area contributed by atoms with Gasteiger partial charge in [-0.05, 0) is 0 Å². The van der Waals surface area contributed by atoms with Crippen LogP contribution < -0.4 is 10.7 Å². The van der Waals surface area contributed by atoms with Gasteiger partial charge < -0.3 is 0 Å². The third-order valence-corrected chi connectivity index (χ3v) is 25.3. The zero-order valence-corrected chi connectivity index (χ0v) is 22.7. The molecule has 0 fully saturated rings. The first-order valence-corrected chi connectivity index (χ1v) is 27.1. The molecule has 3 aromatic carbocycles. The Morgan fingerprint density at radius 1 is 0.481 bits per heavy atom. The minimum atomic E-state index is -2.98. The molecular weight excluding hydrogens is 538 g/mol. The second-order valence-electron chi connectivity index (χ2n) is 8.77. The van der Waals surface area contributed by atoms with E-state index in [0.29, 0.717) is 0 Å². The van der Waals surface area contributed by atoms with Gasteiger partial charge in [0, 0.05) is 0 Å². The van der Waals surface area contributed by atoms with Crippen molar-refractivity contribution in [1.29, 1.82) is 0 Å². The van der Waals surface area contributed by atoms with E-state index in [9.17, 15) is 0 Å². The first-order valence-electron chi connectivity index (χ1n) is 10.2. The number of rotatable bonds is 8. The quantitative estimate of drug-likeness (QED) is 0.256. The summed E-state index contributed by atoms with van der Waals surface area (Å²) in [5.74, 6) is 0. The molecule has 0 bridgehead atoms. The molecule has 3 rings (SSSR count). The van der Waals surface area contributed by atoms with Crippen LogP contribution in [0.1, 0.15) is 12.8 Å². The Morgan fingerprint density at radius 3 is 1.15 bits per heavy atom. The molecule has 0 saturated carbocycles. The van der Waals surface area contributed by atoms with Crippen molar-refractivity contribution in [3.05, 3.63) is 91.0 Å². The fourth-order valence-electron chi connectivity index (χ4n) is 4.15. The summed E-state index contributed by atoms with van der Waals surface area (Å²) in [7, 11) is 0. The van der Waals surface area contributed by atoms with Crippen LogP contribution >= 0.6 is 0 Å². The van der Waals surface area contributed by atoms with E-state index >= 15 is 0 Å². The van der Waals surface area contributed by atoms with Crippen LogP contribution in [0, 0.1) is 0 Å². The Kier molecular flexibility index (Phi) is 7.49. The molecule has 0 nitrogen and oxygen atoms in total. The van der Waals surface area contributed by atoms with Crippen molar-refractivity contribution in [2.45, 2.75) is 36.5 Å². The van der Waals surface area contributed by atoms with Crippen LogP contribution in [0.25, 0.3) is 0 Å². The van der Waals surface area contributed by atoms with E-state index in [-0.39, 0.29) is 0 Å². The third-order valence-electron chi connectivity index (χ3n) is 5.53. The standard InChI is InChI=1S/3C6H5.C4H8.3CH3.2Sn/c3*1-2-4-6-5-3-1;1-3-4-2;;;;;/h3*1-5H;1-4H2;3*1H3;;. The van der Waals surface area contributed by atoms with Crippen LogP contribution in [0.3, 0.4) is 0 Å². The van der Waals surface area contributed by atoms with Crippen molar-refractivity contribution < 1.29 is 0 Å². The van der Waals surface area contributed by atoms with Crippen LogP contribution in [-0.2, 0) is 0 Å². The van der Waals surface area contributed by atoms with Gasteiger partial charge in [-0.15, -0.1) is 0 Å². The second-order valence-corrected chi connectivity index (χ2v) is 36.4. The summed E-state index contributed by atoms with van der Waals surface area (Å²) in [5.41, 5.74) is 0. The van der Waals surface area contributed by atoms with Crippen molar-refractivity contribution in [1.82, 2.24) is 0 Å². The Balaban J connectivity index is 2.06. The predicted octanol–water partition coefficient (Wildman–Crippen LogP) is 5.28. The number of unbranched alkanes of at least 4 members (excludes halogenated alkanes) is 1. The molecule has 0 unspecified atom stereocenters. The van der Waals surface area contributed by atoms with Gasteiger partial charge in [0.05, 0.1) is 0 Å². The van der Waals surface area contributed by atoms with Crippen LogP contribution in [0.15, 0.2) is 91.0 Å². The molecular formula is C25H32Sn2. The molecule has 0 N–H and O–H groups in total. The van der Waals surface area contributed by atoms with E-state index in [1.54, 1.807) is 10.7 Å². The topological polar surface area (TPSA) is 0 Å². The van der Waals surface area contributed by atoms with Gasteiger partial charge in [0.15, 0.2) is 0 Å². The van der Waals surface area contributed by atoms with Crippen molar-refractivity contribution in [2.75, 3.05) is 0 Å². The summed E-state index contributed by atoms with van der Waals surface area (Å²) in [4.78, 5) is 7.70. The molecule has 0 spiro atoms. The number of benzene rings is 3. The first-order chi connectivity index (χ1) is 13.0. The molecule has 2 heteroatoms. The maximum atomic E-state index is 2.57. The predicted molar refractivity (Wildman–Crippen MR) is 126 cm³/mol. The Labute approximate surface area is 173 Å². The van der Waals surface area contributed by atoms with Crippen LogP contribution in [0.4, 0.5) is 0 Å². The van der Waals surface area contributed by atoms with Gasteiger partial charge in [-0.3, -0.25) is 0 Å². The Bertz CT molecular complexity index is 709. The summed E-state index contributed by atoms with van der Waals surface area (Å²) in [5, 5.41) is 0. The fraction of sp³-hybridized carbons (Fsp3) is 0.280. The Hall–Kier alpha value is -0.743. The normalized spacial score (nSPS) is 12.1. The monoisotopic (exact) mass is 572 g/mol.